The van der Waals surface area contributed by atoms with Crippen molar-refractivity contribution in [1.82, 2.24) is 30.1 Å². The Morgan fingerprint density at radius 3 is 2.81 bits per heavy atom. The van der Waals surface area contributed by atoms with E-state index in [-0.39, 0.29) is 17.9 Å². The van der Waals surface area contributed by atoms with Gasteiger partial charge in [0.15, 0.2) is 0 Å². The molecule has 3 heterocycles. The lowest BCUT2D eigenvalue weighted by molar-refractivity contribution is -0.146. The molecule has 0 spiro atoms. The van der Waals surface area contributed by atoms with Crippen LogP contribution in [0.3, 0.4) is 0 Å². The maximum atomic E-state index is 12.8. The Morgan fingerprint density at radius 1 is 1.15 bits per heavy atom. The van der Waals surface area contributed by atoms with Gasteiger partial charge in [0.1, 0.15) is 11.6 Å². The summed E-state index contributed by atoms with van der Waals surface area (Å²) < 4.78 is 1.76. The molecule has 2 aromatic rings. The molecule has 0 radical (unpaired) electrons. The number of para-hydroxylation sites is 1. The van der Waals surface area contributed by atoms with Crippen LogP contribution in [0.15, 0.2) is 24.3 Å². The topological polar surface area (TPSA) is 83.4 Å². The second kappa shape index (κ2) is 7.41. The van der Waals surface area contributed by atoms with Crippen LogP contribution in [0.1, 0.15) is 19.3 Å². The van der Waals surface area contributed by atoms with Gasteiger partial charge in [-0.25, -0.2) is 4.68 Å². The second-order valence-corrected chi connectivity index (χ2v) is 6.89. The number of aromatic nitrogens is 3. The van der Waals surface area contributed by atoms with Crippen LogP contribution >= 0.6 is 0 Å². The van der Waals surface area contributed by atoms with Gasteiger partial charge in [0, 0.05) is 39.1 Å². The fraction of sp³-hybridized carbons (Fsp3) is 0.556. The maximum Gasteiger partial charge on any atom is 0.246 e. The Labute approximate surface area is 152 Å². The number of carbonyl (C=O) groups excluding carboxylic acids is 2. The molecule has 2 saturated heterocycles. The lowest BCUT2D eigenvalue weighted by atomic mass is 10.1. The number of nitrogens with zero attached hydrogens (tertiary/aromatic N) is 5. The van der Waals surface area contributed by atoms with Crippen LogP contribution in [0.4, 0.5) is 0 Å². The number of nitrogens with one attached hydrogen (secondary N) is 1. The van der Waals surface area contributed by atoms with Crippen molar-refractivity contribution >= 4 is 22.8 Å². The molecule has 26 heavy (non-hydrogen) atoms. The van der Waals surface area contributed by atoms with Gasteiger partial charge in [0.05, 0.1) is 12.1 Å². The summed E-state index contributed by atoms with van der Waals surface area (Å²) in [6, 6.07) is 7.32. The van der Waals surface area contributed by atoms with E-state index in [2.05, 4.69) is 15.6 Å². The first kappa shape index (κ1) is 17.0. The van der Waals surface area contributed by atoms with Gasteiger partial charge in [-0.1, -0.05) is 17.3 Å². The number of hydrogen-bond donors (Lipinski definition) is 1. The first-order chi connectivity index (χ1) is 12.7. The number of rotatable bonds is 4. The summed E-state index contributed by atoms with van der Waals surface area (Å²) in [6.07, 6.45) is 2.43. The number of amides is 2. The van der Waals surface area contributed by atoms with Crippen LogP contribution in [0, 0.1) is 0 Å². The van der Waals surface area contributed by atoms with Crippen molar-refractivity contribution < 1.29 is 9.59 Å². The monoisotopic (exact) mass is 356 g/mol. The van der Waals surface area contributed by atoms with E-state index in [1.807, 2.05) is 29.2 Å². The molecule has 0 saturated carbocycles. The molecule has 138 valence electrons. The third kappa shape index (κ3) is 3.29. The number of aryl methyl sites for hydroxylation is 1. The SMILES string of the molecule is O=C([C@@H]1CNCCN1C(=O)CCn1nnc2ccccc21)N1CCCC1. The number of benzene rings is 1. The molecular weight excluding hydrogens is 332 g/mol. The van der Waals surface area contributed by atoms with Crippen molar-refractivity contribution in [2.75, 3.05) is 32.7 Å². The van der Waals surface area contributed by atoms with Gasteiger partial charge in [-0.3, -0.25) is 9.59 Å². The molecular formula is C18H24N6O2. The predicted octanol–water partition coefficient (Wildman–Crippen LogP) is 0.244. The van der Waals surface area contributed by atoms with E-state index in [0.717, 1.165) is 43.5 Å². The minimum atomic E-state index is -0.387. The smallest absolute Gasteiger partial charge is 0.246 e. The third-order valence-corrected chi connectivity index (χ3v) is 5.22. The molecule has 2 aliphatic heterocycles. The van der Waals surface area contributed by atoms with Crippen molar-refractivity contribution in [2.24, 2.45) is 0 Å². The van der Waals surface area contributed by atoms with Gasteiger partial charge >= 0.3 is 0 Å². The highest BCUT2D eigenvalue weighted by Crippen LogP contribution is 2.15. The molecule has 0 aliphatic carbocycles. The van der Waals surface area contributed by atoms with Gasteiger partial charge < -0.3 is 15.1 Å². The zero-order valence-electron chi connectivity index (χ0n) is 14.8. The molecule has 1 N–H and O–H groups in total. The van der Waals surface area contributed by atoms with Crippen LogP contribution in [0.25, 0.3) is 11.0 Å². The second-order valence-electron chi connectivity index (χ2n) is 6.89. The normalized spacial score (nSPS) is 20.7. The van der Waals surface area contributed by atoms with Gasteiger partial charge in [-0.2, -0.15) is 0 Å². The zero-order chi connectivity index (χ0) is 17.9. The van der Waals surface area contributed by atoms with Crippen molar-refractivity contribution in [3.8, 4) is 0 Å². The van der Waals surface area contributed by atoms with Crippen molar-refractivity contribution in [3.05, 3.63) is 24.3 Å². The fourth-order valence-corrected chi connectivity index (χ4v) is 3.80. The third-order valence-electron chi connectivity index (χ3n) is 5.22. The molecule has 2 fully saturated rings. The summed E-state index contributed by atoms with van der Waals surface area (Å²) in [6.45, 7) is 3.91. The molecule has 4 rings (SSSR count). The first-order valence-electron chi connectivity index (χ1n) is 9.31. The standard InChI is InChI=1S/C18H24N6O2/c25-17(7-11-24-15-6-2-1-5-14(15)20-21-24)23-12-8-19-13-16(23)18(26)22-9-3-4-10-22/h1-2,5-6,16,19H,3-4,7-13H2/t16-/m0/s1. The van der Waals surface area contributed by atoms with E-state index in [4.69, 9.17) is 0 Å². The Bertz CT molecular complexity index is 798. The Kier molecular flexibility index (Phi) is 4.83. The molecule has 8 heteroatoms. The predicted molar refractivity (Wildman–Crippen MR) is 96.3 cm³/mol. The highest BCUT2D eigenvalue weighted by molar-refractivity contribution is 5.88. The lowest BCUT2D eigenvalue weighted by Gasteiger charge is -2.37. The van der Waals surface area contributed by atoms with Crippen molar-refractivity contribution in [2.45, 2.75) is 31.8 Å². The number of likely N-dealkylation sites (tertiary alicyclic amines) is 1. The highest BCUT2D eigenvalue weighted by atomic mass is 16.2. The molecule has 1 aromatic heterocycles. The van der Waals surface area contributed by atoms with E-state index in [1.165, 1.54) is 0 Å². The summed E-state index contributed by atoms with van der Waals surface area (Å²) in [4.78, 5) is 29.3. The lowest BCUT2D eigenvalue weighted by Crippen LogP contribution is -2.60. The summed E-state index contributed by atoms with van der Waals surface area (Å²) in [5.41, 5.74) is 1.74. The quantitative estimate of drug-likeness (QED) is 0.849. The Hall–Kier alpha value is -2.48. The van der Waals surface area contributed by atoms with Gasteiger partial charge in [0.2, 0.25) is 11.8 Å². The maximum absolute atomic E-state index is 12.8. The summed E-state index contributed by atoms with van der Waals surface area (Å²) in [5, 5.41) is 11.5. The van der Waals surface area contributed by atoms with E-state index >= 15 is 0 Å². The molecule has 8 nitrogen and oxygen atoms in total. The largest absolute Gasteiger partial charge is 0.341 e. The van der Waals surface area contributed by atoms with Crippen molar-refractivity contribution in [3.63, 3.8) is 0 Å². The average Bonchev–Trinajstić information content (AvgIpc) is 3.35. The van der Waals surface area contributed by atoms with E-state index in [1.54, 1.807) is 9.58 Å². The summed E-state index contributed by atoms with van der Waals surface area (Å²) >= 11 is 0. The molecule has 0 bridgehead atoms. The molecule has 1 aromatic carbocycles. The summed E-state index contributed by atoms with van der Waals surface area (Å²) in [7, 11) is 0. The van der Waals surface area contributed by atoms with Gasteiger partial charge in [-0.15, -0.1) is 5.10 Å². The average molecular weight is 356 g/mol. The molecule has 2 aliphatic rings. The van der Waals surface area contributed by atoms with Crippen LogP contribution in [0.2, 0.25) is 0 Å². The zero-order valence-corrected chi connectivity index (χ0v) is 14.8. The molecule has 2 amide bonds. The summed E-state index contributed by atoms with van der Waals surface area (Å²) in [5.74, 6) is 0.0814. The van der Waals surface area contributed by atoms with Gasteiger partial charge in [0.25, 0.3) is 0 Å². The highest BCUT2D eigenvalue weighted by Gasteiger charge is 2.35. The number of piperazine rings is 1. The van der Waals surface area contributed by atoms with Crippen LogP contribution in [0.5, 0.6) is 0 Å². The Morgan fingerprint density at radius 2 is 1.96 bits per heavy atom. The van der Waals surface area contributed by atoms with E-state index < -0.39 is 0 Å². The number of hydrogen-bond acceptors (Lipinski definition) is 5. The van der Waals surface area contributed by atoms with Gasteiger partial charge in [-0.05, 0) is 25.0 Å². The first-order valence-corrected chi connectivity index (χ1v) is 9.31. The fourth-order valence-electron chi connectivity index (χ4n) is 3.80. The number of carbonyl (C=O) groups is 2. The minimum absolute atomic E-state index is 0.00336. The minimum Gasteiger partial charge on any atom is -0.341 e. The van der Waals surface area contributed by atoms with Crippen molar-refractivity contribution in [1.29, 1.82) is 0 Å². The van der Waals surface area contributed by atoms with Crippen LogP contribution in [-0.4, -0.2) is 75.4 Å². The van der Waals surface area contributed by atoms with E-state index in [0.29, 0.717) is 26.1 Å². The molecule has 0 unspecified atom stereocenters. The van der Waals surface area contributed by atoms with Crippen LogP contribution in [-0.2, 0) is 16.1 Å². The van der Waals surface area contributed by atoms with E-state index in [9.17, 15) is 9.59 Å². The molecule has 1 atom stereocenters. The number of fused-ring (bicyclic) bond motifs is 1. The van der Waals surface area contributed by atoms with Crippen LogP contribution < -0.4 is 5.32 Å². The Balaban J connectivity index is 1.42.